The van der Waals surface area contributed by atoms with Crippen LogP contribution in [0.25, 0.3) is 0 Å². The zero-order chi connectivity index (χ0) is 15.4. The molecule has 0 aliphatic heterocycles. The molecule has 0 bridgehead atoms. The van der Waals surface area contributed by atoms with Crippen molar-refractivity contribution in [1.29, 1.82) is 0 Å². The van der Waals surface area contributed by atoms with E-state index in [4.69, 9.17) is 4.74 Å². The molecule has 2 rings (SSSR count). The first-order chi connectivity index (χ1) is 9.95. The van der Waals surface area contributed by atoms with Gasteiger partial charge in [-0.3, -0.25) is 0 Å². The summed E-state index contributed by atoms with van der Waals surface area (Å²) in [5.41, 5.74) is 2.06. The van der Waals surface area contributed by atoms with Crippen molar-refractivity contribution in [1.82, 2.24) is 5.32 Å². The summed E-state index contributed by atoms with van der Waals surface area (Å²) in [6.07, 6.45) is 0. The number of hydrogen-bond acceptors (Lipinski definition) is 2. The second-order valence-electron chi connectivity index (χ2n) is 5.30. The molecule has 4 heteroatoms. The van der Waals surface area contributed by atoms with E-state index in [1.165, 1.54) is 12.1 Å². The van der Waals surface area contributed by atoms with Crippen LogP contribution in [-0.4, -0.2) is 6.04 Å². The minimum Gasteiger partial charge on any atom is -0.457 e. The first-order valence-electron chi connectivity index (χ1n) is 6.91. The predicted molar refractivity (Wildman–Crippen MR) is 87.3 cm³/mol. The Kier molecular flexibility index (Phi) is 5.37. The highest BCUT2D eigenvalue weighted by molar-refractivity contribution is 9.10. The highest BCUT2D eigenvalue weighted by atomic mass is 79.9. The van der Waals surface area contributed by atoms with Gasteiger partial charge in [0.1, 0.15) is 17.3 Å². The van der Waals surface area contributed by atoms with Gasteiger partial charge in [0.05, 0.1) is 0 Å². The van der Waals surface area contributed by atoms with Crippen LogP contribution in [0.4, 0.5) is 4.39 Å². The minimum atomic E-state index is -0.299. The van der Waals surface area contributed by atoms with E-state index in [-0.39, 0.29) is 5.82 Å². The molecule has 0 heterocycles. The van der Waals surface area contributed by atoms with Crippen molar-refractivity contribution >= 4 is 15.9 Å². The van der Waals surface area contributed by atoms with Gasteiger partial charge in [-0.2, -0.15) is 0 Å². The normalized spacial score (nSPS) is 11.0. The Labute approximate surface area is 133 Å². The zero-order valence-electron chi connectivity index (χ0n) is 12.4. The molecule has 0 saturated carbocycles. The van der Waals surface area contributed by atoms with Crippen LogP contribution in [-0.2, 0) is 6.54 Å². The number of ether oxygens (including phenoxy) is 1. The first-order valence-corrected chi connectivity index (χ1v) is 7.71. The highest BCUT2D eigenvalue weighted by Crippen LogP contribution is 2.29. The lowest BCUT2D eigenvalue weighted by atomic mass is 10.2. The standard InChI is InChI=1S/C17H19BrFNO/c1-11(2)20-10-13-5-7-15(9-16(13)18)21-17-8-14(19)6-4-12(17)3/h4-9,11,20H,10H2,1-3H3. The number of hydrogen-bond donors (Lipinski definition) is 1. The number of benzene rings is 2. The maximum Gasteiger partial charge on any atom is 0.133 e. The van der Waals surface area contributed by atoms with E-state index >= 15 is 0 Å². The molecular formula is C17H19BrFNO. The number of rotatable bonds is 5. The number of nitrogens with one attached hydrogen (secondary N) is 1. The molecule has 0 spiro atoms. The van der Waals surface area contributed by atoms with Crippen molar-refractivity contribution in [3.8, 4) is 11.5 Å². The monoisotopic (exact) mass is 351 g/mol. The molecule has 0 amide bonds. The molecule has 0 fully saturated rings. The highest BCUT2D eigenvalue weighted by Gasteiger charge is 2.06. The van der Waals surface area contributed by atoms with Gasteiger partial charge in [0, 0.05) is 23.1 Å². The SMILES string of the molecule is Cc1ccc(F)cc1Oc1ccc(CNC(C)C)c(Br)c1. The molecule has 112 valence electrons. The fourth-order valence-corrected chi connectivity index (χ4v) is 2.36. The molecule has 2 nitrogen and oxygen atoms in total. The Balaban J connectivity index is 2.14. The van der Waals surface area contributed by atoms with Gasteiger partial charge in [0.25, 0.3) is 0 Å². The molecule has 2 aromatic rings. The second kappa shape index (κ2) is 7.05. The fraction of sp³-hybridized carbons (Fsp3) is 0.294. The van der Waals surface area contributed by atoms with Crippen LogP contribution in [0.1, 0.15) is 25.0 Å². The van der Waals surface area contributed by atoms with Crippen molar-refractivity contribution in [3.05, 3.63) is 57.8 Å². The molecule has 0 aromatic heterocycles. The molecule has 0 aliphatic rings. The zero-order valence-corrected chi connectivity index (χ0v) is 14.0. The van der Waals surface area contributed by atoms with Crippen molar-refractivity contribution < 1.29 is 9.13 Å². The Morgan fingerprint density at radius 3 is 2.62 bits per heavy atom. The van der Waals surface area contributed by atoms with E-state index in [1.54, 1.807) is 6.07 Å². The van der Waals surface area contributed by atoms with Gasteiger partial charge in [0.2, 0.25) is 0 Å². The van der Waals surface area contributed by atoms with Gasteiger partial charge in [-0.1, -0.05) is 41.9 Å². The van der Waals surface area contributed by atoms with Gasteiger partial charge in [-0.05, 0) is 36.2 Å². The second-order valence-corrected chi connectivity index (χ2v) is 6.16. The van der Waals surface area contributed by atoms with E-state index in [0.29, 0.717) is 17.5 Å². The van der Waals surface area contributed by atoms with E-state index in [0.717, 1.165) is 22.1 Å². The van der Waals surface area contributed by atoms with Crippen LogP contribution < -0.4 is 10.1 Å². The Morgan fingerprint density at radius 2 is 1.95 bits per heavy atom. The maximum absolute atomic E-state index is 13.3. The fourth-order valence-electron chi connectivity index (χ4n) is 1.86. The third-order valence-electron chi connectivity index (χ3n) is 3.10. The molecule has 0 saturated heterocycles. The third kappa shape index (κ3) is 4.55. The van der Waals surface area contributed by atoms with E-state index in [9.17, 15) is 4.39 Å². The lowest BCUT2D eigenvalue weighted by Crippen LogP contribution is -2.21. The van der Waals surface area contributed by atoms with Crippen LogP contribution in [0, 0.1) is 12.7 Å². The quantitative estimate of drug-likeness (QED) is 0.800. The van der Waals surface area contributed by atoms with Crippen molar-refractivity contribution in [2.75, 3.05) is 0 Å². The number of halogens is 2. The predicted octanol–water partition coefficient (Wildman–Crippen LogP) is 5.19. The summed E-state index contributed by atoms with van der Waals surface area (Å²) in [6.45, 7) is 6.90. The number of aryl methyl sites for hydroxylation is 1. The molecule has 21 heavy (non-hydrogen) atoms. The van der Waals surface area contributed by atoms with Gasteiger partial charge >= 0.3 is 0 Å². The molecule has 1 N–H and O–H groups in total. The van der Waals surface area contributed by atoms with Gasteiger partial charge < -0.3 is 10.1 Å². The van der Waals surface area contributed by atoms with Crippen LogP contribution in [0.5, 0.6) is 11.5 Å². The smallest absolute Gasteiger partial charge is 0.133 e. The summed E-state index contributed by atoms with van der Waals surface area (Å²) in [6, 6.07) is 10.8. The largest absolute Gasteiger partial charge is 0.457 e. The average Bonchev–Trinajstić information content (AvgIpc) is 2.42. The molecular weight excluding hydrogens is 333 g/mol. The third-order valence-corrected chi connectivity index (χ3v) is 3.84. The Bertz CT molecular complexity index is 628. The van der Waals surface area contributed by atoms with Gasteiger partial charge in [-0.25, -0.2) is 4.39 Å². The van der Waals surface area contributed by atoms with Crippen molar-refractivity contribution in [2.45, 2.75) is 33.4 Å². The molecule has 0 unspecified atom stereocenters. The summed E-state index contributed by atoms with van der Waals surface area (Å²) in [5.74, 6) is 0.922. The molecule has 0 aliphatic carbocycles. The van der Waals surface area contributed by atoms with E-state index in [2.05, 4.69) is 35.1 Å². The summed E-state index contributed by atoms with van der Waals surface area (Å²) in [4.78, 5) is 0. The average molecular weight is 352 g/mol. The Morgan fingerprint density at radius 1 is 1.19 bits per heavy atom. The lowest BCUT2D eigenvalue weighted by molar-refractivity contribution is 0.472. The van der Waals surface area contributed by atoms with Crippen molar-refractivity contribution in [2.24, 2.45) is 0 Å². The molecule has 0 atom stereocenters. The summed E-state index contributed by atoms with van der Waals surface area (Å²) in [7, 11) is 0. The van der Waals surface area contributed by atoms with Gasteiger partial charge in [-0.15, -0.1) is 0 Å². The van der Waals surface area contributed by atoms with E-state index in [1.807, 2.05) is 25.1 Å². The van der Waals surface area contributed by atoms with Crippen LogP contribution >= 0.6 is 15.9 Å². The van der Waals surface area contributed by atoms with Crippen LogP contribution in [0.3, 0.4) is 0 Å². The van der Waals surface area contributed by atoms with Gasteiger partial charge in [0.15, 0.2) is 0 Å². The van der Waals surface area contributed by atoms with Crippen molar-refractivity contribution in [3.63, 3.8) is 0 Å². The van der Waals surface area contributed by atoms with Crippen LogP contribution in [0.15, 0.2) is 40.9 Å². The summed E-state index contributed by atoms with van der Waals surface area (Å²) in [5, 5.41) is 3.37. The maximum atomic E-state index is 13.3. The van der Waals surface area contributed by atoms with E-state index < -0.39 is 0 Å². The molecule has 2 aromatic carbocycles. The topological polar surface area (TPSA) is 21.3 Å². The summed E-state index contributed by atoms with van der Waals surface area (Å²) >= 11 is 3.55. The molecule has 0 radical (unpaired) electrons. The summed E-state index contributed by atoms with van der Waals surface area (Å²) < 4.78 is 20.0. The van der Waals surface area contributed by atoms with Crippen LogP contribution in [0.2, 0.25) is 0 Å². The Hall–Kier alpha value is -1.39. The lowest BCUT2D eigenvalue weighted by Gasteiger charge is -2.12. The first kappa shape index (κ1) is 16.0. The minimum absolute atomic E-state index is 0.299.